The van der Waals surface area contributed by atoms with Gasteiger partial charge < -0.3 is 10.0 Å². The first-order chi connectivity index (χ1) is 7.17. The molecular formula is C12H18N2O. The predicted molar refractivity (Wildman–Crippen MR) is 62.9 cm³/mol. The quantitative estimate of drug-likeness (QED) is 0.748. The maximum Gasteiger partial charge on any atom is 0.129 e. The molecule has 3 heteroatoms. The van der Waals surface area contributed by atoms with Gasteiger partial charge in [-0.25, -0.2) is 4.98 Å². The minimum atomic E-state index is 0.0557. The van der Waals surface area contributed by atoms with Gasteiger partial charge in [0.25, 0.3) is 0 Å². The average molecular weight is 206 g/mol. The number of aliphatic hydroxyl groups is 1. The molecule has 0 aliphatic heterocycles. The van der Waals surface area contributed by atoms with E-state index in [4.69, 9.17) is 5.11 Å². The number of pyridine rings is 1. The van der Waals surface area contributed by atoms with Crippen molar-refractivity contribution in [3.63, 3.8) is 0 Å². The van der Waals surface area contributed by atoms with Crippen LogP contribution in [0.25, 0.3) is 0 Å². The normalized spacial score (nSPS) is 10.1. The van der Waals surface area contributed by atoms with E-state index in [1.807, 2.05) is 19.1 Å². The van der Waals surface area contributed by atoms with Gasteiger partial charge in [-0.15, -0.1) is 0 Å². The number of aromatic nitrogens is 1. The maximum atomic E-state index is 9.03. The summed E-state index contributed by atoms with van der Waals surface area (Å²) in [6.07, 6.45) is 1.72. The van der Waals surface area contributed by atoms with E-state index in [1.165, 1.54) is 0 Å². The first kappa shape index (κ1) is 11.7. The highest BCUT2D eigenvalue weighted by atomic mass is 16.3. The number of likely N-dealkylation sites (N-methyl/N-ethyl adjacent to an activating group) is 1. The number of aliphatic hydroxyl groups excluding tert-OH is 1. The summed E-state index contributed by atoms with van der Waals surface area (Å²) in [7, 11) is 0. The van der Waals surface area contributed by atoms with Crippen LogP contribution in [-0.4, -0.2) is 23.2 Å². The van der Waals surface area contributed by atoms with E-state index in [1.54, 1.807) is 6.20 Å². The molecule has 0 aromatic carbocycles. The van der Waals surface area contributed by atoms with Gasteiger partial charge in [0.15, 0.2) is 0 Å². The SMILES string of the molecule is C=C(C)CN(CC)c1cc(CO)ccn1. The molecule has 0 fully saturated rings. The molecule has 1 heterocycles. The highest BCUT2D eigenvalue weighted by Gasteiger charge is 2.05. The lowest BCUT2D eigenvalue weighted by Gasteiger charge is -2.22. The van der Waals surface area contributed by atoms with Crippen molar-refractivity contribution in [3.8, 4) is 0 Å². The van der Waals surface area contributed by atoms with Crippen LogP contribution >= 0.6 is 0 Å². The summed E-state index contributed by atoms with van der Waals surface area (Å²) in [5, 5.41) is 9.03. The van der Waals surface area contributed by atoms with Crippen LogP contribution in [0, 0.1) is 0 Å². The van der Waals surface area contributed by atoms with Gasteiger partial charge in [-0.2, -0.15) is 0 Å². The van der Waals surface area contributed by atoms with Gasteiger partial charge in [-0.1, -0.05) is 12.2 Å². The summed E-state index contributed by atoms with van der Waals surface area (Å²) >= 11 is 0. The van der Waals surface area contributed by atoms with E-state index < -0.39 is 0 Å². The van der Waals surface area contributed by atoms with Crippen LogP contribution in [0.15, 0.2) is 30.5 Å². The monoisotopic (exact) mass is 206 g/mol. The molecule has 0 atom stereocenters. The maximum absolute atomic E-state index is 9.03. The Hall–Kier alpha value is -1.35. The van der Waals surface area contributed by atoms with Crippen LogP contribution in [0.4, 0.5) is 5.82 Å². The van der Waals surface area contributed by atoms with E-state index in [0.29, 0.717) is 0 Å². The van der Waals surface area contributed by atoms with Gasteiger partial charge in [0.2, 0.25) is 0 Å². The van der Waals surface area contributed by atoms with Gasteiger partial charge in [0.1, 0.15) is 5.82 Å². The number of nitrogens with zero attached hydrogens (tertiary/aromatic N) is 2. The van der Waals surface area contributed by atoms with E-state index >= 15 is 0 Å². The number of rotatable bonds is 5. The first-order valence-corrected chi connectivity index (χ1v) is 5.12. The Morgan fingerprint density at radius 3 is 2.87 bits per heavy atom. The van der Waals surface area contributed by atoms with E-state index in [0.717, 1.165) is 30.0 Å². The zero-order valence-corrected chi connectivity index (χ0v) is 9.40. The van der Waals surface area contributed by atoms with Gasteiger partial charge >= 0.3 is 0 Å². The highest BCUT2D eigenvalue weighted by molar-refractivity contribution is 5.42. The van der Waals surface area contributed by atoms with Crippen LogP contribution in [0.5, 0.6) is 0 Å². The van der Waals surface area contributed by atoms with E-state index in [9.17, 15) is 0 Å². The Morgan fingerprint density at radius 2 is 2.33 bits per heavy atom. The largest absolute Gasteiger partial charge is 0.392 e. The Morgan fingerprint density at radius 1 is 1.60 bits per heavy atom. The molecule has 0 amide bonds. The van der Waals surface area contributed by atoms with Crippen molar-refractivity contribution < 1.29 is 5.11 Å². The smallest absolute Gasteiger partial charge is 0.129 e. The fraction of sp³-hybridized carbons (Fsp3) is 0.417. The van der Waals surface area contributed by atoms with Crippen molar-refractivity contribution in [2.24, 2.45) is 0 Å². The minimum absolute atomic E-state index is 0.0557. The second-order valence-corrected chi connectivity index (χ2v) is 3.65. The van der Waals surface area contributed by atoms with Crippen molar-refractivity contribution in [2.75, 3.05) is 18.0 Å². The number of hydrogen-bond donors (Lipinski definition) is 1. The third-order valence-electron chi connectivity index (χ3n) is 2.16. The Labute approximate surface area is 91.1 Å². The molecule has 1 N–H and O–H groups in total. The molecule has 82 valence electrons. The van der Waals surface area contributed by atoms with Gasteiger partial charge in [-0.05, 0) is 31.5 Å². The highest BCUT2D eigenvalue weighted by Crippen LogP contribution is 2.13. The summed E-state index contributed by atoms with van der Waals surface area (Å²) in [6, 6.07) is 3.73. The van der Waals surface area contributed by atoms with Crippen LogP contribution < -0.4 is 4.90 Å². The second-order valence-electron chi connectivity index (χ2n) is 3.65. The zero-order chi connectivity index (χ0) is 11.3. The molecule has 3 nitrogen and oxygen atoms in total. The molecule has 0 spiro atoms. The zero-order valence-electron chi connectivity index (χ0n) is 9.40. The molecule has 0 unspecified atom stereocenters. The number of anilines is 1. The van der Waals surface area contributed by atoms with Gasteiger partial charge in [0.05, 0.1) is 6.61 Å². The summed E-state index contributed by atoms with van der Waals surface area (Å²) in [4.78, 5) is 6.41. The molecule has 0 aliphatic rings. The molecular weight excluding hydrogens is 188 g/mol. The molecule has 0 aliphatic carbocycles. The standard InChI is InChI=1S/C12H18N2O/c1-4-14(8-10(2)3)12-7-11(9-15)5-6-13-12/h5-7,15H,2,4,8-9H2,1,3H3. The number of hydrogen-bond acceptors (Lipinski definition) is 3. The fourth-order valence-electron chi connectivity index (χ4n) is 1.41. The lowest BCUT2D eigenvalue weighted by molar-refractivity contribution is 0.281. The van der Waals surface area contributed by atoms with Crippen LogP contribution in [0.1, 0.15) is 19.4 Å². The molecule has 1 rings (SSSR count). The van der Waals surface area contributed by atoms with E-state index in [2.05, 4.69) is 23.4 Å². The third kappa shape index (κ3) is 3.36. The Balaban J connectivity index is 2.85. The molecule has 0 radical (unpaired) electrons. The van der Waals surface area contributed by atoms with Crippen molar-refractivity contribution in [2.45, 2.75) is 20.5 Å². The van der Waals surface area contributed by atoms with Crippen LogP contribution in [-0.2, 0) is 6.61 Å². The summed E-state index contributed by atoms with van der Waals surface area (Å²) in [5.74, 6) is 0.895. The van der Waals surface area contributed by atoms with Gasteiger partial charge in [-0.3, -0.25) is 0 Å². The molecule has 1 aromatic rings. The Bertz CT molecular complexity index is 336. The summed E-state index contributed by atoms with van der Waals surface area (Å²) < 4.78 is 0. The van der Waals surface area contributed by atoms with Crippen LogP contribution in [0.2, 0.25) is 0 Å². The van der Waals surface area contributed by atoms with Crippen molar-refractivity contribution >= 4 is 5.82 Å². The van der Waals surface area contributed by atoms with Gasteiger partial charge in [0, 0.05) is 19.3 Å². The molecule has 0 saturated carbocycles. The van der Waals surface area contributed by atoms with Crippen LogP contribution in [0.3, 0.4) is 0 Å². The Kier molecular flexibility index (Phi) is 4.31. The fourth-order valence-corrected chi connectivity index (χ4v) is 1.41. The van der Waals surface area contributed by atoms with E-state index in [-0.39, 0.29) is 6.61 Å². The first-order valence-electron chi connectivity index (χ1n) is 5.12. The second kappa shape index (κ2) is 5.51. The molecule has 0 bridgehead atoms. The lowest BCUT2D eigenvalue weighted by Crippen LogP contribution is -2.25. The summed E-state index contributed by atoms with van der Waals surface area (Å²) in [5.41, 5.74) is 1.99. The van der Waals surface area contributed by atoms with Crippen molar-refractivity contribution in [1.29, 1.82) is 0 Å². The molecule has 1 aromatic heterocycles. The average Bonchev–Trinajstić information content (AvgIpc) is 2.25. The van der Waals surface area contributed by atoms with Crippen molar-refractivity contribution in [1.82, 2.24) is 4.98 Å². The summed E-state index contributed by atoms with van der Waals surface area (Å²) in [6.45, 7) is 9.71. The molecule has 0 saturated heterocycles. The lowest BCUT2D eigenvalue weighted by atomic mass is 10.2. The van der Waals surface area contributed by atoms with Crippen molar-refractivity contribution in [3.05, 3.63) is 36.0 Å². The molecule has 15 heavy (non-hydrogen) atoms. The topological polar surface area (TPSA) is 36.4 Å². The predicted octanol–water partition coefficient (Wildman–Crippen LogP) is 1.98. The third-order valence-corrected chi connectivity index (χ3v) is 2.16. The minimum Gasteiger partial charge on any atom is -0.392 e.